The van der Waals surface area contributed by atoms with Crippen LogP contribution in [0, 0.1) is 12.8 Å². The summed E-state index contributed by atoms with van der Waals surface area (Å²) in [4.78, 5) is 11.4. The van der Waals surface area contributed by atoms with Gasteiger partial charge >= 0.3 is 0 Å². The molecule has 0 aliphatic rings. The number of nitrogens with two attached hydrogens (primary N) is 1. The van der Waals surface area contributed by atoms with E-state index in [1.54, 1.807) is 6.07 Å². The van der Waals surface area contributed by atoms with Crippen molar-refractivity contribution in [3.8, 4) is 5.75 Å². The largest absolute Gasteiger partial charge is 0.482 e. The normalized spacial score (nSPS) is 10.4. The van der Waals surface area contributed by atoms with E-state index >= 15 is 0 Å². The summed E-state index contributed by atoms with van der Waals surface area (Å²) in [6.07, 6.45) is 0. The van der Waals surface area contributed by atoms with Crippen LogP contribution >= 0.6 is 0 Å². The Balaban J connectivity index is 2.44. The average Bonchev–Trinajstić information content (AvgIpc) is 2.27. The van der Waals surface area contributed by atoms with Gasteiger partial charge < -0.3 is 15.8 Å². The van der Waals surface area contributed by atoms with Crippen molar-refractivity contribution in [1.29, 1.82) is 0 Å². The van der Waals surface area contributed by atoms with Crippen LogP contribution in [0.1, 0.15) is 19.4 Å². The zero-order valence-corrected chi connectivity index (χ0v) is 10.6. The summed E-state index contributed by atoms with van der Waals surface area (Å²) < 4.78 is 5.37. The average molecular weight is 236 g/mol. The van der Waals surface area contributed by atoms with Gasteiger partial charge in [0, 0.05) is 6.54 Å². The highest BCUT2D eigenvalue weighted by Crippen LogP contribution is 2.21. The Morgan fingerprint density at radius 2 is 2.18 bits per heavy atom. The number of rotatable bonds is 5. The second kappa shape index (κ2) is 6.13. The SMILES string of the molecule is Cc1ccc(N)c(OCC(=O)NCC(C)C)c1. The number of hydrogen-bond donors (Lipinski definition) is 2. The molecule has 0 saturated heterocycles. The van der Waals surface area contributed by atoms with Gasteiger partial charge in [0.2, 0.25) is 0 Å². The lowest BCUT2D eigenvalue weighted by atomic mass is 10.2. The van der Waals surface area contributed by atoms with Crippen LogP contribution in [0.3, 0.4) is 0 Å². The van der Waals surface area contributed by atoms with Crippen LogP contribution in [0.15, 0.2) is 18.2 Å². The van der Waals surface area contributed by atoms with E-state index in [-0.39, 0.29) is 12.5 Å². The first-order valence-electron chi connectivity index (χ1n) is 5.74. The molecule has 0 unspecified atom stereocenters. The number of carbonyl (C=O) groups excluding carboxylic acids is 1. The maximum absolute atomic E-state index is 11.4. The van der Waals surface area contributed by atoms with Gasteiger partial charge in [0.05, 0.1) is 5.69 Å². The molecule has 3 N–H and O–H groups in total. The summed E-state index contributed by atoms with van der Waals surface area (Å²) in [6, 6.07) is 5.50. The third-order valence-electron chi connectivity index (χ3n) is 2.24. The maximum Gasteiger partial charge on any atom is 0.257 e. The van der Waals surface area contributed by atoms with Crippen LogP contribution < -0.4 is 15.8 Å². The first-order valence-corrected chi connectivity index (χ1v) is 5.74. The molecule has 0 radical (unpaired) electrons. The minimum absolute atomic E-state index is 0.000370. The van der Waals surface area contributed by atoms with Crippen molar-refractivity contribution in [2.45, 2.75) is 20.8 Å². The molecule has 94 valence electrons. The van der Waals surface area contributed by atoms with E-state index in [0.29, 0.717) is 23.9 Å². The summed E-state index contributed by atoms with van der Waals surface area (Å²) in [6.45, 7) is 6.69. The molecule has 0 aliphatic heterocycles. The molecule has 0 bridgehead atoms. The first kappa shape index (κ1) is 13.4. The fourth-order valence-corrected chi connectivity index (χ4v) is 1.28. The Morgan fingerprint density at radius 3 is 2.82 bits per heavy atom. The van der Waals surface area contributed by atoms with Crippen molar-refractivity contribution in [2.75, 3.05) is 18.9 Å². The Morgan fingerprint density at radius 1 is 1.47 bits per heavy atom. The van der Waals surface area contributed by atoms with Crippen LogP contribution in [0.5, 0.6) is 5.75 Å². The number of benzene rings is 1. The summed E-state index contributed by atoms with van der Waals surface area (Å²) in [5, 5.41) is 2.78. The standard InChI is InChI=1S/C13H20N2O2/c1-9(2)7-15-13(16)8-17-12-6-10(3)4-5-11(12)14/h4-6,9H,7-8,14H2,1-3H3,(H,15,16). The fourth-order valence-electron chi connectivity index (χ4n) is 1.28. The number of ether oxygens (including phenoxy) is 1. The molecule has 4 nitrogen and oxygen atoms in total. The first-order chi connectivity index (χ1) is 7.99. The number of carbonyl (C=O) groups is 1. The topological polar surface area (TPSA) is 64.3 Å². The molecule has 0 fully saturated rings. The summed E-state index contributed by atoms with van der Waals surface area (Å²) in [5.41, 5.74) is 7.34. The zero-order chi connectivity index (χ0) is 12.8. The molecule has 1 rings (SSSR count). The Kier molecular flexibility index (Phi) is 4.82. The van der Waals surface area contributed by atoms with Crippen molar-refractivity contribution in [2.24, 2.45) is 5.92 Å². The quantitative estimate of drug-likeness (QED) is 0.765. The van der Waals surface area contributed by atoms with Crippen molar-refractivity contribution < 1.29 is 9.53 Å². The highest BCUT2D eigenvalue weighted by molar-refractivity contribution is 5.77. The van der Waals surface area contributed by atoms with Crippen LogP contribution in [-0.4, -0.2) is 19.1 Å². The van der Waals surface area contributed by atoms with E-state index in [1.807, 2.05) is 32.9 Å². The van der Waals surface area contributed by atoms with E-state index in [4.69, 9.17) is 10.5 Å². The van der Waals surface area contributed by atoms with Gasteiger partial charge in [0.1, 0.15) is 5.75 Å². The third-order valence-corrected chi connectivity index (χ3v) is 2.24. The van der Waals surface area contributed by atoms with Gasteiger partial charge in [-0.1, -0.05) is 19.9 Å². The minimum Gasteiger partial charge on any atom is -0.482 e. The van der Waals surface area contributed by atoms with Gasteiger partial charge in [0.25, 0.3) is 5.91 Å². The van der Waals surface area contributed by atoms with Crippen LogP contribution in [0.4, 0.5) is 5.69 Å². The Hall–Kier alpha value is -1.71. The number of anilines is 1. The van der Waals surface area contributed by atoms with E-state index in [2.05, 4.69) is 5.32 Å². The molecule has 17 heavy (non-hydrogen) atoms. The highest BCUT2D eigenvalue weighted by Gasteiger charge is 2.05. The summed E-state index contributed by atoms with van der Waals surface area (Å²) in [7, 11) is 0. The number of nitrogen functional groups attached to an aromatic ring is 1. The van der Waals surface area contributed by atoms with E-state index in [9.17, 15) is 4.79 Å². The second-order valence-electron chi connectivity index (χ2n) is 4.53. The molecule has 0 aliphatic carbocycles. The predicted octanol–water partition coefficient (Wildman–Crippen LogP) is 1.73. The van der Waals surface area contributed by atoms with Crippen molar-refractivity contribution in [3.05, 3.63) is 23.8 Å². The van der Waals surface area contributed by atoms with Gasteiger partial charge in [-0.3, -0.25) is 4.79 Å². The molecule has 1 aromatic carbocycles. The maximum atomic E-state index is 11.4. The lowest BCUT2D eigenvalue weighted by Crippen LogP contribution is -2.31. The van der Waals surface area contributed by atoms with Crippen LogP contribution in [-0.2, 0) is 4.79 Å². The Bertz CT molecular complexity index is 389. The van der Waals surface area contributed by atoms with Gasteiger partial charge in [-0.05, 0) is 30.5 Å². The number of hydrogen-bond acceptors (Lipinski definition) is 3. The van der Waals surface area contributed by atoms with Gasteiger partial charge in [-0.25, -0.2) is 0 Å². The zero-order valence-electron chi connectivity index (χ0n) is 10.6. The van der Waals surface area contributed by atoms with E-state index in [1.165, 1.54) is 0 Å². The van der Waals surface area contributed by atoms with Crippen LogP contribution in [0.25, 0.3) is 0 Å². The fraction of sp³-hybridized carbons (Fsp3) is 0.462. The smallest absolute Gasteiger partial charge is 0.257 e. The second-order valence-corrected chi connectivity index (χ2v) is 4.53. The minimum atomic E-state index is -0.125. The van der Waals surface area contributed by atoms with Gasteiger partial charge in [-0.15, -0.1) is 0 Å². The third kappa shape index (κ3) is 4.76. The number of aryl methyl sites for hydroxylation is 1. The highest BCUT2D eigenvalue weighted by atomic mass is 16.5. The monoisotopic (exact) mass is 236 g/mol. The molecule has 0 saturated carbocycles. The summed E-state index contributed by atoms with van der Waals surface area (Å²) in [5.74, 6) is 0.868. The molecular formula is C13H20N2O2. The molecule has 0 atom stereocenters. The van der Waals surface area contributed by atoms with Gasteiger partial charge in [0.15, 0.2) is 6.61 Å². The molecule has 4 heteroatoms. The van der Waals surface area contributed by atoms with Gasteiger partial charge in [-0.2, -0.15) is 0 Å². The molecule has 1 amide bonds. The van der Waals surface area contributed by atoms with E-state index in [0.717, 1.165) is 5.56 Å². The number of amides is 1. The lowest BCUT2D eigenvalue weighted by Gasteiger charge is -2.11. The molecular weight excluding hydrogens is 216 g/mol. The van der Waals surface area contributed by atoms with Crippen molar-refractivity contribution in [1.82, 2.24) is 5.32 Å². The Labute approximate surface area is 102 Å². The van der Waals surface area contributed by atoms with E-state index < -0.39 is 0 Å². The van der Waals surface area contributed by atoms with Crippen molar-refractivity contribution in [3.63, 3.8) is 0 Å². The lowest BCUT2D eigenvalue weighted by molar-refractivity contribution is -0.123. The van der Waals surface area contributed by atoms with Crippen molar-refractivity contribution >= 4 is 11.6 Å². The predicted molar refractivity (Wildman–Crippen MR) is 68.9 cm³/mol. The molecule has 1 aromatic rings. The number of nitrogens with one attached hydrogen (secondary N) is 1. The van der Waals surface area contributed by atoms with Crippen LogP contribution in [0.2, 0.25) is 0 Å². The summed E-state index contributed by atoms with van der Waals surface area (Å²) >= 11 is 0. The molecule has 0 aromatic heterocycles. The molecule has 0 spiro atoms. The molecule has 0 heterocycles.